The van der Waals surface area contributed by atoms with Crippen molar-refractivity contribution in [2.45, 2.75) is 46.5 Å². The van der Waals surface area contributed by atoms with Gasteiger partial charge in [-0.25, -0.2) is 0 Å². The topological polar surface area (TPSA) is 74.6 Å². The molecule has 0 spiro atoms. The van der Waals surface area contributed by atoms with E-state index in [0.29, 0.717) is 6.42 Å². The van der Waals surface area contributed by atoms with Crippen LogP contribution in [-0.4, -0.2) is 22.2 Å². The minimum absolute atomic E-state index is 0. The Bertz CT molecular complexity index is 232. The van der Waals surface area contributed by atoms with Gasteiger partial charge in [-0.1, -0.05) is 40.0 Å². The second-order valence-electron chi connectivity index (χ2n) is 4.56. The Morgan fingerprint density at radius 2 is 1.59 bits per heavy atom. The van der Waals surface area contributed by atoms with Gasteiger partial charge in [0.15, 0.2) is 5.92 Å². The van der Waals surface area contributed by atoms with E-state index in [2.05, 4.69) is 6.92 Å². The number of unbranched alkanes of at least 4 members (excludes halogenated alkanes) is 2. The van der Waals surface area contributed by atoms with Crippen LogP contribution in [0.2, 0.25) is 0 Å². The summed E-state index contributed by atoms with van der Waals surface area (Å²) in [6.07, 6.45) is 3.65. The third kappa shape index (κ3) is 6.75. The van der Waals surface area contributed by atoms with Crippen molar-refractivity contribution < 1.29 is 40.1 Å². The van der Waals surface area contributed by atoms with Crippen LogP contribution in [0.15, 0.2) is 0 Å². The summed E-state index contributed by atoms with van der Waals surface area (Å²) in [4.78, 5) is 21.9. The van der Waals surface area contributed by atoms with Gasteiger partial charge >= 0.3 is 30.8 Å². The SMILES string of the molecule is CCCCCC(C(C)C)C(C(=O)O)C(=O)O.[H-].[Li+]. The molecule has 1 atom stereocenters. The van der Waals surface area contributed by atoms with Crippen LogP contribution in [0.3, 0.4) is 0 Å². The van der Waals surface area contributed by atoms with E-state index in [1.807, 2.05) is 13.8 Å². The Balaban J connectivity index is -0.00000112. The maximum atomic E-state index is 10.9. The Morgan fingerprint density at radius 1 is 1.12 bits per heavy atom. The van der Waals surface area contributed by atoms with Gasteiger partial charge in [-0.05, 0) is 18.3 Å². The number of hydrogen-bond donors (Lipinski definition) is 2. The van der Waals surface area contributed by atoms with E-state index in [1.165, 1.54) is 0 Å². The van der Waals surface area contributed by atoms with E-state index >= 15 is 0 Å². The summed E-state index contributed by atoms with van der Waals surface area (Å²) in [5, 5.41) is 17.9. The molecule has 0 aromatic rings. The summed E-state index contributed by atoms with van der Waals surface area (Å²) in [6.45, 7) is 5.83. The first-order chi connectivity index (χ1) is 7.41. The molecule has 5 heteroatoms. The third-order valence-electron chi connectivity index (χ3n) is 2.96. The van der Waals surface area contributed by atoms with E-state index in [4.69, 9.17) is 10.2 Å². The molecule has 0 aromatic carbocycles. The van der Waals surface area contributed by atoms with Crippen LogP contribution >= 0.6 is 0 Å². The van der Waals surface area contributed by atoms with Crippen LogP contribution in [0, 0.1) is 17.8 Å². The second-order valence-corrected chi connectivity index (χ2v) is 4.56. The molecule has 0 heterocycles. The predicted molar refractivity (Wildman–Crippen MR) is 62.3 cm³/mol. The van der Waals surface area contributed by atoms with Crippen molar-refractivity contribution >= 4 is 11.9 Å². The molecule has 96 valence electrons. The minimum Gasteiger partial charge on any atom is -1.00 e. The molecular weight excluding hydrogens is 215 g/mol. The van der Waals surface area contributed by atoms with Crippen molar-refractivity contribution in [2.24, 2.45) is 17.8 Å². The summed E-state index contributed by atoms with van der Waals surface area (Å²) in [5.41, 5.74) is 0. The van der Waals surface area contributed by atoms with E-state index in [-0.39, 0.29) is 32.1 Å². The van der Waals surface area contributed by atoms with Crippen molar-refractivity contribution in [1.29, 1.82) is 0 Å². The van der Waals surface area contributed by atoms with Crippen LogP contribution < -0.4 is 18.9 Å². The molecule has 1 unspecified atom stereocenters. The molecule has 0 bridgehead atoms. The van der Waals surface area contributed by atoms with Gasteiger partial charge in [-0.3, -0.25) is 9.59 Å². The van der Waals surface area contributed by atoms with Gasteiger partial charge in [0.2, 0.25) is 0 Å². The van der Waals surface area contributed by atoms with Gasteiger partial charge in [-0.15, -0.1) is 0 Å². The molecule has 0 aliphatic rings. The van der Waals surface area contributed by atoms with Crippen molar-refractivity contribution in [3.05, 3.63) is 0 Å². The van der Waals surface area contributed by atoms with Gasteiger partial charge in [0.1, 0.15) is 0 Å². The average Bonchev–Trinajstić information content (AvgIpc) is 2.14. The van der Waals surface area contributed by atoms with Crippen molar-refractivity contribution in [3.8, 4) is 0 Å². The maximum absolute atomic E-state index is 10.9. The van der Waals surface area contributed by atoms with Crippen LogP contribution in [0.4, 0.5) is 0 Å². The van der Waals surface area contributed by atoms with Crippen LogP contribution in [0.5, 0.6) is 0 Å². The summed E-state index contributed by atoms with van der Waals surface area (Å²) >= 11 is 0. The fourth-order valence-electron chi connectivity index (χ4n) is 1.99. The molecule has 0 saturated heterocycles. The first kappa shape index (κ1) is 18.9. The molecule has 2 N–H and O–H groups in total. The smallest absolute Gasteiger partial charge is 1.00 e. The standard InChI is InChI=1S/C12H22O4.Li.H/c1-4-5-6-7-9(8(2)3)10(11(13)14)12(15)16;;/h8-10H,4-7H2,1-3H3,(H,13,14)(H,15,16);;/q;+1;-1. The van der Waals surface area contributed by atoms with Gasteiger partial charge in [-0.2, -0.15) is 0 Å². The molecule has 0 radical (unpaired) electrons. The fraction of sp³-hybridized carbons (Fsp3) is 0.833. The van der Waals surface area contributed by atoms with E-state index < -0.39 is 17.9 Å². The van der Waals surface area contributed by atoms with Crippen molar-refractivity contribution in [2.75, 3.05) is 0 Å². The Morgan fingerprint density at radius 3 is 1.88 bits per heavy atom. The summed E-state index contributed by atoms with van der Waals surface area (Å²) < 4.78 is 0. The maximum Gasteiger partial charge on any atom is 1.00 e. The third-order valence-corrected chi connectivity index (χ3v) is 2.96. The van der Waals surface area contributed by atoms with Crippen LogP contribution in [0.25, 0.3) is 0 Å². The van der Waals surface area contributed by atoms with E-state index in [1.54, 1.807) is 0 Å². The largest absolute Gasteiger partial charge is 1.00 e. The number of aliphatic carboxylic acids is 2. The Hall–Kier alpha value is -0.463. The van der Waals surface area contributed by atoms with Gasteiger partial charge in [0.05, 0.1) is 0 Å². The Labute approximate surface area is 116 Å². The fourth-order valence-corrected chi connectivity index (χ4v) is 1.99. The van der Waals surface area contributed by atoms with Crippen LogP contribution in [0.1, 0.15) is 47.9 Å². The van der Waals surface area contributed by atoms with Crippen molar-refractivity contribution in [1.82, 2.24) is 0 Å². The first-order valence-electron chi connectivity index (χ1n) is 5.87. The average molecular weight is 238 g/mol. The summed E-state index contributed by atoms with van der Waals surface area (Å²) in [6, 6.07) is 0. The predicted octanol–water partition coefficient (Wildman–Crippen LogP) is -0.259. The van der Waals surface area contributed by atoms with E-state index in [9.17, 15) is 9.59 Å². The van der Waals surface area contributed by atoms with Gasteiger partial charge in [0, 0.05) is 0 Å². The Kier molecular flexibility index (Phi) is 10.6. The van der Waals surface area contributed by atoms with E-state index in [0.717, 1.165) is 19.3 Å². The van der Waals surface area contributed by atoms with Crippen LogP contribution in [-0.2, 0) is 9.59 Å². The molecule has 0 aliphatic heterocycles. The molecule has 0 saturated carbocycles. The number of hydrogen-bond acceptors (Lipinski definition) is 2. The number of carboxylic acids is 2. The number of carboxylic acid groups (broad SMARTS) is 2. The molecule has 0 fully saturated rings. The summed E-state index contributed by atoms with van der Waals surface area (Å²) in [5.74, 6) is -3.90. The molecule has 0 aliphatic carbocycles. The molecular formula is C12H23LiO4. The minimum atomic E-state index is -1.27. The number of rotatable bonds is 8. The zero-order valence-electron chi connectivity index (χ0n) is 12.3. The normalized spacial score (nSPS) is 12.3. The zero-order chi connectivity index (χ0) is 12.7. The monoisotopic (exact) mass is 238 g/mol. The molecule has 0 aromatic heterocycles. The first-order valence-corrected chi connectivity index (χ1v) is 5.87. The second kappa shape index (κ2) is 9.56. The summed E-state index contributed by atoms with van der Waals surface area (Å²) in [7, 11) is 0. The number of carbonyl (C=O) groups is 2. The quantitative estimate of drug-likeness (QED) is 0.347. The van der Waals surface area contributed by atoms with Gasteiger partial charge in [0.25, 0.3) is 0 Å². The van der Waals surface area contributed by atoms with Crippen molar-refractivity contribution in [3.63, 3.8) is 0 Å². The molecule has 0 amide bonds. The molecule has 0 rings (SSSR count). The molecule has 17 heavy (non-hydrogen) atoms. The zero-order valence-corrected chi connectivity index (χ0v) is 11.3. The molecule has 4 nitrogen and oxygen atoms in total. The van der Waals surface area contributed by atoms with Gasteiger partial charge < -0.3 is 11.6 Å².